The molecule has 1 aliphatic heterocycles. The monoisotopic (exact) mass is 319 g/mol. The summed E-state index contributed by atoms with van der Waals surface area (Å²) in [5.74, 6) is -0.228. The molecule has 0 aliphatic carbocycles. The van der Waals surface area contributed by atoms with E-state index in [4.69, 9.17) is 0 Å². The van der Waals surface area contributed by atoms with Gasteiger partial charge in [0, 0.05) is 30.2 Å². The number of aromatic nitrogens is 1. The van der Waals surface area contributed by atoms with Gasteiger partial charge < -0.3 is 0 Å². The summed E-state index contributed by atoms with van der Waals surface area (Å²) in [7, 11) is 0. The van der Waals surface area contributed by atoms with Gasteiger partial charge >= 0.3 is 6.03 Å². The standard InChI is InChI=1S/C13H10BrN3O2/c14-12-10-2-1-9(7-8(10)3-5-15-12)17-6-4-11(18)16-13(17)19/h1-3,5,7H,4,6H2,(H,16,18,19). The summed E-state index contributed by atoms with van der Waals surface area (Å²) in [5.41, 5.74) is 0.774. The summed E-state index contributed by atoms with van der Waals surface area (Å²) < 4.78 is 0.773. The maximum atomic E-state index is 11.8. The quantitative estimate of drug-likeness (QED) is 0.821. The second kappa shape index (κ2) is 4.62. The first-order chi connectivity index (χ1) is 9.15. The van der Waals surface area contributed by atoms with Gasteiger partial charge in [-0.3, -0.25) is 15.0 Å². The minimum atomic E-state index is -0.372. The molecule has 0 saturated carbocycles. The molecular formula is C13H10BrN3O2. The molecule has 1 aromatic carbocycles. The van der Waals surface area contributed by atoms with E-state index >= 15 is 0 Å². The Hall–Kier alpha value is -1.95. The molecular weight excluding hydrogens is 310 g/mol. The number of hydrogen-bond acceptors (Lipinski definition) is 3. The second-order valence-electron chi connectivity index (χ2n) is 4.26. The average Bonchev–Trinajstić information content (AvgIpc) is 2.38. The molecule has 0 unspecified atom stereocenters. The molecule has 1 fully saturated rings. The minimum Gasteiger partial charge on any atom is -0.294 e. The highest BCUT2D eigenvalue weighted by atomic mass is 79.9. The van der Waals surface area contributed by atoms with E-state index in [1.165, 1.54) is 0 Å². The molecule has 0 radical (unpaired) electrons. The predicted molar refractivity (Wildman–Crippen MR) is 74.9 cm³/mol. The molecule has 3 amide bonds. The van der Waals surface area contributed by atoms with Crippen LogP contribution in [-0.4, -0.2) is 23.5 Å². The average molecular weight is 320 g/mol. The lowest BCUT2D eigenvalue weighted by atomic mass is 10.1. The number of halogens is 1. The number of benzene rings is 1. The molecule has 2 heterocycles. The summed E-state index contributed by atoms with van der Waals surface area (Å²) in [5, 5.41) is 4.29. The van der Waals surface area contributed by atoms with E-state index in [9.17, 15) is 9.59 Å². The van der Waals surface area contributed by atoms with Crippen molar-refractivity contribution in [3.63, 3.8) is 0 Å². The SMILES string of the molecule is O=C1CCN(c2ccc3c(Br)nccc3c2)C(=O)N1. The van der Waals surface area contributed by atoms with Crippen molar-refractivity contribution in [2.24, 2.45) is 0 Å². The number of pyridine rings is 1. The Morgan fingerprint density at radius 2 is 2.11 bits per heavy atom. The molecule has 1 saturated heterocycles. The van der Waals surface area contributed by atoms with E-state index < -0.39 is 0 Å². The number of nitrogens with zero attached hydrogens (tertiary/aromatic N) is 2. The molecule has 1 aliphatic rings. The lowest BCUT2D eigenvalue weighted by Gasteiger charge is -2.26. The van der Waals surface area contributed by atoms with Crippen LogP contribution in [0.4, 0.5) is 10.5 Å². The van der Waals surface area contributed by atoms with Gasteiger partial charge in [0.25, 0.3) is 0 Å². The molecule has 6 heteroatoms. The molecule has 1 N–H and O–H groups in total. The maximum absolute atomic E-state index is 11.8. The Morgan fingerprint density at radius 1 is 1.26 bits per heavy atom. The van der Waals surface area contributed by atoms with Crippen LogP contribution in [0.5, 0.6) is 0 Å². The van der Waals surface area contributed by atoms with Gasteiger partial charge in [0.05, 0.1) is 0 Å². The lowest BCUT2D eigenvalue weighted by molar-refractivity contribution is -0.120. The fourth-order valence-corrected chi connectivity index (χ4v) is 2.59. The highest BCUT2D eigenvalue weighted by molar-refractivity contribution is 9.10. The lowest BCUT2D eigenvalue weighted by Crippen LogP contribution is -2.49. The molecule has 96 valence electrons. The Kier molecular flexibility index (Phi) is 2.94. The van der Waals surface area contributed by atoms with Gasteiger partial charge in [-0.2, -0.15) is 0 Å². The zero-order chi connectivity index (χ0) is 13.4. The first-order valence-corrected chi connectivity index (χ1v) is 6.60. The summed E-state index contributed by atoms with van der Waals surface area (Å²) in [6.07, 6.45) is 2.03. The van der Waals surface area contributed by atoms with Gasteiger partial charge in [0.2, 0.25) is 5.91 Å². The highest BCUT2D eigenvalue weighted by Crippen LogP contribution is 2.27. The van der Waals surface area contributed by atoms with Gasteiger partial charge in [-0.1, -0.05) is 0 Å². The topological polar surface area (TPSA) is 62.3 Å². The third kappa shape index (κ3) is 2.19. The van der Waals surface area contributed by atoms with Gasteiger partial charge in [-0.15, -0.1) is 0 Å². The Balaban J connectivity index is 2.02. The van der Waals surface area contributed by atoms with Gasteiger partial charge in [0.15, 0.2) is 0 Å². The van der Waals surface area contributed by atoms with Gasteiger partial charge in [-0.05, 0) is 45.6 Å². The Morgan fingerprint density at radius 3 is 2.89 bits per heavy atom. The van der Waals surface area contributed by atoms with Gasteiger partial charge in [-0.25, -0.2) is 9.78 Å². The van der Waals surface area contributed by atoms with Crippen LogP contribution in [0.2, 0.25) is 0 Å². The Bertz CT molecular complexity index is 687. The van der Waals surface area contributed by atoms with Crippen molar-refractivity contribution in [2.75, 3.05) is 11.4 Å². The zero-order valence-electron chi connectivity index (χ0n) is 9.89. The van der Waals surface area contributed by atoms with Crippen LogP contribution in [0.25, 0.3) is 10.8 Å². The minimum absolute atomic E-state index is 0.228. The highest BCUT2D eigenvalue weighted by Gasteiger charge is 2.24. The van der Waals surface area contributed by atoms with Crippen molar-refractivity contribution in [2.45, 2.75) is 6.42 Å². The fourth-order valence-electron chi connectivity index (χ4n) is 2.11. The largest absolute Gasteiger partial charge is 0.328 e. The van der Waals surface area contributed by atoms with Crippen LogP contribution < -0.4 is 10.2 Å². The van der Waals surface area contributed by atoms with Crippen molar-refractivity contribution < 1.29 is 9.59 Å². The Labute approximate surface area is 117 Å². The van der Waals surface area contributed by atoms with Crippen LogP contribution in [-0.2, 0) is 4.79 Å². The van der Waals surface area contributed by atoms with E-state index in [0.717, 1.165) is 21.1 Å². The number of nitrogens with one attached hydrogen (secondary N) is 1. The molecule has 0 bridgehead atoms. The van der Waals surface area contributed by atoms with Crippen molar-refractivity contribution in [1.29, 1.82) is 0 Å². The van der Waals surface area contributed by atoms with E-state index in [1.807, 2.05) is 24.3 Å². The summed E-state index contributed by atoms with van der Waals surface area (Å²) in [6.45, 7) is 0.405. The second-order valence-corrected chi connectivity index (χ2v) is 5.01. The smallest absolute Gasteiger partial charge is 0.294 e. The molecule has 5 nitrogen and oxygen atoms in total. The number of rotatable bonds is 1. The summed E-state index contributed by atoms with van der Waals surface area (Å²) in [6, 6.07) is 7.19. The molecule has 3 rings (SSSR count). The molecule has 2 aromatic rings. The van der Waals surface area contributed by atoms with Crippen molar-refractivity contribution in [3.05, 3.63) is 35.1 Å². The molecule has 0 atom stereocenters. The molecule has 0 spiro atoms. The molecule has 19 heavy (non-hydrogen) atoms. The number of hydrogen-bond donors (Lipinski definition) is 1. The third-order valence-corrected chi connectivity index (χ3v) is 3.70. The third-order valence-electron chi connectivity index (χ3n) is 3.07. The number of fused-ring (bicyclic) bond motifs is 1. The normalized spacial score (nSPS) is 15.7. The van der Waals surface area contributed by atoms with Crippen molar-refractivity contribution in [1.82, 2.24) is 10.3 Å². The van der Waals surface area contributed by atoms with Crippen molar-refractivity contribution >= 4 is 44.3 Å². The van der Waals surface area contributed by atoms with Crippen LogP contribution >= 0.6 is 15.9 Å². The number of carbonyl (C=O) groups is 2. The van der Waals surface area contributed by atoms with Crippen LogP contribution in [0, 0.1) is 0 Å². The number of imide groups is 1. The number of urea groups is 1. The fraction of sp³-hybridized carbons (Fsp3) is 0.154. The number of amides is 3. The van der Waals surface area contributed by atoms with Crippen LogP contribution in [0.3, 0.4) is 0 Å². The molecule has 1 aromatic heterocycles. The van der Waals surface area contributed by atoms with Crippen molar-refractivity contribution in [3.8, 4) is 0 Å². The van der Waals surface area contributed by atoms with E-state index in [-0.39, 0.29) is 11.9 Å². The van der Waals surface area contributed by atoms with Gasteiger partial charge in [0.1, 0.15) is 4.60 Å². The predicted octanol–water partition coefficient (Wildman–Crippen LogP) is 2.44. The van der Waals surface area contributed by atoms with E-state index in [0.29, 0.717) is 13.0 Å². The first-order valence-electron chi connectivity index (χ1n) is 5.81. The number of anilines is 1. The van der Waals surface area contributed by atoms with E-state index in [2.05, 4.69) is 26.2 Å². The summed E-state index contributed by atoms with van der Waals surface area (Å²) in [4.78, 5) is 28.6. The maximum Gasteiger partial charge on any atom is 0.328 e. The van der Waals surface area contributed by atoms with Crippen LogP contribution in [0.1, 0.15) is 6.42 Å². The van der Waals surface area contributed by atoms with E-state index in [1.54, 1.807) is 11.1 Å². The van der Waals surface area contributed by atoms with Crippen LogP contribution in [0.15, 0.2) is 35.1 Å². The number of carbonyl (C=O) groups excluding carboxylic acids is 2. The first kappa shape index (κ1) is 12.1. The summed E-state index contributed by atoms with van der Waals surface area (Å²) >= 11 is 3.39. The zero-order valence-corrected chi connectivity index (χ0v) is 11.5.